The van der Waals surface area contributed by atoms with Gasteiger partial charge in [-0.3, -0.25) is 0 Å². The summed E-state index contributed by atoms with van der Waals surface area (Å²) < 4.78 is 0.797. The molecule has 1 aromatic carbocycles. The Morgan fingerprint density at radius 3 is 3.00 bits per heavy atom. The summed E-state index contributed by atoms with van der Waals surface area (Å²) in [6.45, 7) is 0. The van der Waals surface area contributed by atoms with Crippen molar-refractivity contribution in [3.63, 3.8) is 0 Å². The van der Waals surface area contributed by atoms with E-state index in [-0.39, 0.29) is 0 Å². The number of fused-ring (bicyclic) bond motifs is 1. The molecule has 66 valence electrons. The zero-order valence-electron chi connectivity index (χ0n) is 6.31. The minimum absolute atomic E-state index is 0.428. The Morgan fingerprint density at radius 1 is 1.54 bits per heavy atom. The molecule has 0 fully saturated rings. The fourth-order valence-corrected chi connectivity index (χ4v) is 1.20. The molecule has 0 aliphatic carbocycles. The van der Waals surface area contributed by atoms with Gasteiger partial charge in [-0.1, -0.05) is 16.8 Å². The zero-order chi connectivity index (χ0) is 9.42. The average Bonchev–Trinajstić information content (AvgIpc) is 2.46. The van der Waals surface area contributed by atoms with E-state index in [1.165, 1.54) is 0 Å². The third-order valence-electron chi connectivity index (χ3n) is 1.59. The monoisotopic (exact) mass is 197 g/mol. The van der Waals surface area contributed by atoms with Crippen LogP contribution in [-0.2, 0) is 0 Å². The quantitative estimate of drug-likeness (QED) is 0.697. The maximum Gasteiger partial charge on any atom is 0.434 e. The molecule has 1 N–H and O–H groups in total. The fraction of sp³-hybridized carbons (Fsp3) is 0. The van der Waals surface area contributed by atoms with E-state index in [4.69, 9.17) is 16.7 Å². The van der Waals surface area contributed by atoms with Crippen LogP contribution in [0.15, 0.2) is 18.2 Å². The van der Waals surface area contributed by atoms with Crippen LogP contribution in [0.3, 0.4) is 0 Å². The Bertz CT molecular complexity index is 480. The molecule has 0 saturated carbocycles. The second-order valence-electron chi connectivity index (χ2n) is 2.42. The van der Waals surface area contributed by atoms with E-state index < -0.39 is 6.09 Å². The van der Waals surface area contributed by atoms with Gasteiger partial charge in [0, 0.05) is 5.02 Å². The number of rotatable bonds is 0. The molecule has 0 bridgehead atoms. The first kappa shape index (κ1) is 8.00. The molecule has 2 rings (SSSR count). The van der Waals surface area contributed by atoms with Gasteiger partial charge in [0.25, 0.3) is 0 Å². The number of carbonyl (C=O) groups is 1. The molecular weight excluding hydrogens is 194 g/mol. The summed E-state index contributed by atoms with van der Waals surface area (Å²) in [5.41, 5.74) is 0.895. The summed E-state index contributed by atoms with van der Waals surface area (Å²) in [5, 5.41) is 16.3. The van der Waals surface area contributed by atoms with E-state index in [0.717, 1.165) is 4.68 Å². The Kier molecular flexibility index (Phi) is 1.66. The maximum absolute atomic E-state index is 10.6. The predicted molar refractivity (Wildman–Crippen MR) is 46.0 cm³/mol. The van der Waals surface area contributed by atoms with Gasteiger partial charge in [0.1, 0.15) is 11.0 Å². The fourth-order valence-electron chi connectivity index (χ4n) is 1.04. The van der Waals surface area contributed by atoms with Crippen LogP contribution in [-0.4, -0.2) is 26.2 Å². The molecule has 0 amide bonds. The van der Waals surface area contributed by atoms with E-state index in [1.807, 2.05) is 0 Å². The van der Waals surface area contributed by atoms with Gasteiger partial charge in [-0.2, -0.15) is 0 Å². The number of carboxylic acid groups (broad SMARTS) is 1. The highest BCUT2D eigenvalue weighted by Crippen LogP contribution is 2.16. The molecule has 6 heteroatoms. The Balaban J connectivity index is 2.76. The van der Waals surface area contributed by atoms with E-state index in [0.29, 0.717) is 16.1 Å². The van der Waals surface area contributed by atoms with E-state index >= 15 is 0 Å². The summed E-state index contributed by atoms with van der Waals surface area (Å²) in [6, 6.07) is 4.71. The third-order valence-corrected chi connectivity index (χ3v) is 1.82. The molecular formula is C7H4ClN3O2. The van der Waals surface area contributed by atoms with Gasteiger partial charge in [-0.25, -0.2) is 4.79 Å². The predicted octanol–water partition coefficient (Wildman–Crippen LogP) is 1.61. The lowest BCUT2D eigenvalue weighted by atomic mass is 10.3. The van der Waals surface area contributed by atoms with Gasteiger partial charge in [0.2, 0.25) is 0 Å². The molecule has 0 aliphatic heterocycles. The van der Waals surface area contributed by atoms with Crippen LogP contribution in [0.4, 0.5) is 4.79 Å². The van der Waals surface area contributed by atoms with Gasteiger partial charge in [0.05, 0.1) is 0 Å². The number of benzene rings is 1. The second kappa shape index (κ2) is 2.70. The van der Waals surface area contributed by atoms with Gasteiger partial charge >= 0.3 is 6.09 Å². The van der Waals surface area contributed by atoms with Crippen LogP contribution in [0.2, 0.25) is 5.02 Å². The summed E-state index contributed by atoms with van der Waals surface area (Å²) >= 11 is 5.68. The van der Waals surface area contributed by atoms with Crippen LogP contribution in [0.25, 0.3) is 11.0 Å². The molecule has 0 atom stereocenters. The number of hydrogen-bond donors (Lipinski definition) is 1. The lowest BCUT2D eigenvalue weighted by Gasteiger charge is -1.92. The third kappa shape index (κ3) is 1.23. The van der Waals surface area contributed by atoms with Crippen molar-refractivity contribution in [1.82, 2.24) is 15.0 Å². The van der Waals surface area contributed by atoms with Crippen LogP contribution in [0.5, 0.6) is 0 Å². The van der Waals surface area contributed by atoms with Crippen molar-refractivity contribution in [3.8, 4) is 0 Å². The van der Waals surface area contributed by atoms with Gasteiger partial charge in [-0.05, 0) is 18.2 Å². The van der Waals surface area contributed by atoms with Crippen LogP contribution in [0.1, 0.15) is 0 Å². The van der Waals surface area contributed by atoms with Gasteiger partial charge < -0.3 is 5.11 Å². The molecule has 0 radical (unpaired) electrons. The van der Waals surface area contributed by atoms with E-state index in [1.54, 1.807) is 18.2 Å². The molecule has 0 unspecified atom stereocenters. The topological polar surface area (TPSA) is 68.0 Å². The zero-order valence-corrected chi connectivity index (χ0v) is 7.06. The van der Waals surface area contributed by atoms with Gasteiger partial charge in [-0.15, -0.1) is 9.78 Å². The smallest absolute Gasteiger partial charge is 0.434 e. The first-order chi connectivity index (χ1) is 6.18. The molecule has 2 aromatic rings. The average molecular weight is 198 g/mol. The molecule has 0 spiro atoms. The standard InChI is InChI=1S/C7H4ClN3O2/c8-4-1-2-6-5(3-4)9-10-11(6)7(12)13/h1-3H,(H,12,13). The highest BCUT2D eigenvalue weighted by molar-refractivity contribution is 6.31. The first-order valence-electron chi connectivity index (χ1n) is 3.43. The van der Waals surface area contributed by atoms with E-state index in [9.17, 15) is 4.79 Å². The van der Waals surface area contributed by atoms with Crippen molar-refractivity contribution in [1.29, 1.82) is 0 Å². The highest BCUT2D eigenvalue weighted by atomic mass is 35.5. The number of aromatic nitrogens is 3. The van der Waals surface area contributed by atoms with E-state index in [2.05, 4.69) is 10.3 Å². The molecule has 1 aromatic heterocycles. The Morgan fingerprint density at radius 2 is 2.31 bits per heavy atom. The van der Waals surface area contributed by atoms with Crippen LogP contribution < -0.4 is 0 Å². The van der Waals surface area contributed by atoms with Crippen molar-refractivity contribution in [3.05, 3.63) is 23.2 Å². The lowest BCUT2D eigenvalue weighted by molar-refractivity contribution is 0.193. The molecule has 5 nitrogen and oxygen atoms in total. The molecule has 13 heavy (non-hydrogen) atoms. The van der Waals surface area contributed by atoms with Crippen molar-refractivity contribution >= 4 is 28.7 Å². The highest BCUT2D eigenvalue weighted by Gasteiger charge is 2.09. The van der Waals surface area contributed by atoms with Crippen molar-refractivity contribution in [2.24, 2.45) is 0 Å². The minimum atomic E-state index is -1.16. The number of halogens is 1. The van der Waals surface area contributed by atoms with Crippen LogP contribution in [0, 0.1) is 0 Å². The summed E-state index contributed by atoms with van der Waals surface area (Å²) in [4.78, 5) is 10.6. The largest absolute Gasteiger partial charge is 0.463 e. The van der Waals surface area contributed by atoms with Crippen molar-refractivity contribution in [2.75, 3.05) is 0 Å². The SMILES string of the molecule is O=C(O)n1nnc2cc(Cl)ccc21. The Hall–Kier alpha value is -1.62. The van der Waals surface area contributed by atoms with Crippen molar-refractivity contribution < 1.29 is 9.90 Å². The minimum Gasteiger partial charge on any atom is -0.463 e. The Labute approximate surface area is 77.5 Å². The maximum atomic E-state index is 10.6. The van der Waals surface area contributed by atoms with Crippen LogP contribution >= 0.6 is 11.6 Å². The number of hydrogen-bond acceptors (Lipinski definition) is 3. The summed E-state index contributed by atoms with van der Waals surface area (Å²) in [5.74, 6) is 0. The summed E-state index contributed by atoms with van der Waals surface area (Å²) in [6.07, 6.45) is -1.16. The summed E-state index contributed by atoms with van der Waals surface area (Å²) in [7, 11) is 0. The first-order valence-corrected chi connectivity index (χ1v) is 3.80. The molecule has 1 heterocycles. The van der Waals surface area contributed by atoms with Gasteiger partial charge in [0.15, 0.2) is 0 Å². The second-order valence-corrected chi connectivity index (χ2v) is 2.85. The lowest BCUT2D eigenvalue weighted by Crippen LogP contribution is -2.09. The number of nitrogens with zero attached hydrogens (tertiary/aromatic N) is 3. The molecule has 0 aliphatic rings. The van der Waals surface area contributed by atoms with Crippen molar-refractivity contribution in [2.45, 2.75) is 0 Å². The molecule has 0 saturated heterocycles. The normalized spacial score (nSPS) is 10.5.